The number of hydrogen-bond acceptors (Lipinski definition) is 3. The average molecular weight is 404 g/mol. The van der Waals surface area contributed by atoms with Gasteiger partial charge in [-0.15, -0.1) is 0 Å². The van der Waals surface area contributed by atoms with Crippen LogP contribution < -0.4 is 4.74 Å². The molecule has 132 valence electrons. The largest absolute Gasteiger partial charge is 0.496 e. The summed E-state index contributed by atoms with van der Waals surface area (Å²) >= 11 is 3.58. The lowest BCUT2D eigenvalue weighted by molar-refractivity contribution is 0.0514. The van der Waals surface area contributed by atoms with Gasteiger partial charge in [0, 0.05) is 17.7 Å². The topological polar surface area (TPSA) is 40.5 Å². The van der Waals surface area contributed by atoms with Crippen LogP contribution in [0.3, 0.4) is 0 Å². The van der Waals surface area contributed by atoms with Crippen molar-refractivity contribution in [3.63, 3.8) is 0 Å². The van der Waals surface area contributed by atoms with E-state index in [9.17, 15) is 4.79 Å². The van der Waals surface area contributed by atoms with Crippen molar-refractivity contribution in [2.75, 3.05) is 13.7 Å². The second-order valence-electron chi connectivity index (χ2n) is 6.32. The smallest absolute Gasteiger partial charge is 0.354 e. The number of carbonyl (C=O) groups is 1. The van der Waals surface area contributed by atoms with Crippen LogP contribution in [0.2, 0.25) is 0 Å². The van der Waals surface area contributed by atoms with Gasteiger partial charge in [0.1, 0.15) is 11.4 Å². The normalized spacial score (nSPS) is 12.2. The van der Waals surface area contributed by atoms with E-state index in [0.717, 1.165) is 40.0 Å². The number of ether oxygens (including phenoxy) is 2. The van der Waals surface area contributed by atoms with E-state index in [0.29, 0.717) is 12.3 Å². The monoisotopic (exact) mass is 403 g/mol. The molecule has 0 spiro atoms. The fourth-order valence-corrected chi connectivity index (χ4v) is 3.81. The Balaban J connectivity index is 2.24. The van der Waals surface area contributed by atoms with Crippen molar-refractivity contribution in [3.05, 3.63) is 45.1 Å². The first-order valence-corrected chi connectivity index (χ1v) is 9.17. The summed E-state index contributed by atoms with van der Waals surface area (Å²) in [4.78, 5) is 12.4. The van der Waals surface area contributed by atoms with Crippen molar-refractivity contribution in [1.29, 1.82) is 0 Å². The molecule has 5 heteroatoms. The number of aryl methyl sites for hydroxylation is 1. The van der Waals surface area contributed by atoms with Crippen molar-refractivity contribution in [3.8, 4) is 17.0 Å². The van der Waals surface area contributed by atoms with Gasteiger partial charge in [-0.25, -0.2) is 4.79 Å². The molecule has 1 aliphatic rings. The summed E-state index contributed by atoms with van der Waals surface area (Å²) in [5.74, 6) is 0.557. The third-order valence-electron chi connectivity index (χ3n) is 4.29. The molecule has 3 rings (SSSR count). The molecule has 0 amide bonds. The molecule has 25 heavy (non-hydrogen) atoms. The molecule has 0 saturated heterocycles. The van der Waals surface area contributed by atoms with Gasteiger partial charge >= 0.3 is 5.97 Å². The summed E-state index contributed by atoms with van der Waals surface area (Å²) in [7, 11) is 1.67. The highest BCUT2D eigenvalue weighted by molar-refractivity contribution is 9.10. The lowest BCUT2D eigenvalue weighted by atomic mass is 9.95. The molecule has 0 fully saturated rings. The highest BCUT2D eigenvalue weighted by Crippen LogP contribution is 2.40. The van der Waals surface area contributed by atoms with E-state index in [-0.39, 0.29) is 5.97 Å². The van der Waals surface area contributed by atoms with E-state index in [1.165, 1.54) is 11.1 Å². The van der Waals surface area contributed by atoms with Crippen LogP contribution in [0.15, 0.2) is 28.2 Å². The Labute approximate surface area is 156 Å². The predicted molar refractivity (Wildman–Crippen MR) is 103 cm³/mol. The minimum absolute atomic E-state index is 0.270. The van der Waals surface area contributed by atoms with Gasteiger partial charge < -0.3 is 14.0 Å². The van der Waals surface area contributed by atoms with Gasteiger partial charge in [0.25, 0.3) is 0 Å². The molecule has 4 nitrogen and oxygen atoms in total. The van der Waals surface area contributed by atoms with Gasteiger partial charge in [-0.1, -0.05) is 11.6 Å². The summed E-state index contributed by atoms with van der Waals surface area (Å²) in [6, 6.07) is 6.09. The molecule has 0 saturated carbocycles. The molecule has 1 aliphatic heterocycles. The third kappa shape index (κ3) is 3.25. The number of allylic oxidation sites excluding steroid dienone is 1. The maximum Gasteiger partial charge on any atom is 0.354 e. The predicted octanol–water partition coefficient (Wildman–Crippen LogP) is 5.08. The Hall–Kier alpha value is -2.01. The van der Waals surface area contributed by atoms with Gasteiger partial charge in [0.15, 0.2) is 0 Å². The zero-order valence-electron chi connectivity index (χ0n) is 15.0. The molecule has 2 aromatic rings. The van der Waals surface area contributed by atoms with Gasteiger partial charge in [-0.3, -0.25) is 0 Å². The van der Waals surface area contributed by atoms with Gasteiger partial charge in [0.05, 0.1) is 23.9 Å². The SMILES string of the molecule is CCOC(=O)c1cc(C=C(C)C)c2n1CCc1cc(OC)c(Br)cc1-2. The summed E-state index contributed by atoms with van der Waals surface area (Å²) in [6.07, 6.45) is 2.96. The fraction of sp³-hybridized carbons (Fsp3) is 0.350. The van der Waals surface area contributed by atoms with Crippen molar-refractivity contribution in [2.24, 2.45) is 0 Å². The van der Waals surface area contributed by atoms with Crippen LogP contribution in [0.5, 0.6) is 5.75 Å². The number of fused-ring (bicyclic) bond motifs is 3. The third-order valence-corrected chi connectivity index (χ3v) is 4.91. The van der Waals surface area contributed by atoms with Crippen LogP contribution in [0, 0.1) is 0 Å². The second-order valence-corrected chi connectivity index (χ2v) is 7.18. The highest BCUT2D eigenvalue weighted by atomic mass is 79.9. The van der Waals surface area contributed by atoms with Crippen molar-refractivity contribution >= 4 is 28.0 Å². The quantitative estimate of drug-likeness (QED) is 0.668. The first-order valence-electron chi connectivity index (χ1n) is 8.38. The lowest BCUT2D eigenvalue weighted by Crippen LogP contribution is -2.17. The number of methoxy groups -OCH3 is 1. The summed E-state index contributed by atoms with van der Waals surface area (Å²) < 4.78 is 13.7. The first kappa shape index (κ1) is 17.8. The van der Waals surface area contributed by atoms with Crippen LogP contribution in [0.25, 0.3) is 17.3 Å². The molecule has 0 bridgehead atoms. The van der Waals surface area contributed by atoms with E-state index >= 15 is 0 Å². The molecule has 2 heterocycles. The van der Waals surface area contributed by atoms with Crippen molar-refractivity contribution in [1.82, 2.24) is 4.57 Å². The molecule has 0 N–H and O–H groups in total. The molecule has 1 aromatic heterocycles. The van der Waals surface area contributed by atoms with Crippen LogP contribution in [0.4, 0.5) is 0 Å². The van der Waals surface area contributed by atoms with Crippen molar-refractivity contribution in [2.45, 2.75) is 33.7 Å². The Morgan fingerprint density at radius 2 is 2.08 bits per heavy atom. The Morgan fingerprint density at radius 3 is 2.72 bits per heavy atom. The van der Waals surface area contributed by atoms with E-state index in [1.807, 2.05) is 13.0 Å². The van der Waals surface area contributed by atoms with Crippen LogP contribution in [-0.2, 0) is 17.7 Å². The zero-order chi connectivity index (χ0) is 18.1. The molecular formula is C20H22BrNO3. The van der Waals surface area contributed by atoms with E-state index in [2.05, 4.69) is 52.6 Å². The molecule has 0 atom stereocenters. The van der Waals surface area contributed by atoms with Gasteiger partial charge in [0.2, 0.25) is 0 Å². The molecule has 1 aromatic carbocycles. The number of carbonyl (C=O) groups excluding carboxylic acids is 1. The van der Waals surface area contributed by atoms with Crippen LogP contribution in [0.1, 0.15) is 42.4 Å². The number of benzene rings is 1. The van der Waals surface area contributed by atoms with E-state index in [4.69, 9.17) is 9.47 Å². The molecule has 0 unspecified atom stereocenters. The van der Waals surface area contributed by atoms with Crippen molar-refractivity contribution < 1.29 is 14.3 Å². The highest BCUT2D eigenvalue weighted by Gasteiger charge is 2.26. The number of nitrogens with zero attached hydrogens (tertiary/aromatic N) is 1. The van der Waals surface area contributed by atoms with Gasteiger partial charge in [-0.05, 0) is 66.9 Å². The number of rotatable bonds is 4. The lowest BCUT2D eigenvalue weighted by Gasteiger charge is -2.23. The Bertz CT molecular complexity index is 860. The Morgan fingerprint density at radius 1 is 1.32 bits per heavy atom. The minimum Gasteiger partial charge on any atom is -0.496 e. The zero-order valence-corrected chi connectivity index (χ0v) is 16.6. The average Bonchev–Trinajstić information content (AvgIpc) is 2.93. The Kier molecular flexibility index (Phi) is 5.04. The molecule has 0 aliphatic carbocycles. The maximum atomic E-state index is 12.4. The second kappa shape index (κ2) is 7.08. The molecule has 0 radical (unpaired) electrons. The first-order chi connectivity index (χ1) is 12.0. The standard InChI is InChI=1S/C20H22BrNO3/c1-5-25-20(23)17-9-14(8-12(2)3)19-15-11-16(21)18(24-4)10-13(15)6-7-22(17)19/h8-11H,5-7H2,1-4H3. The number of esters is 1. The maximum absolute atomic E-state index is 12.4. The van der Waals surface area contributed by atoms with E-state index in [1.54, 1.807) is 7.11 Å². The van der Waals surface area contributed by atoms with Crippen LogP contribution >= 0.6 is 15.9 Å². The van der Waals surface area contributed by atoms with Crippen LogP contribution in [-0.4, -0.2) is 24.3 Å². The minimum atomic E-state index is -0.270. The fourth-order valence-electron chi connectivity index (χ4n) is 3.31. The van der Waals surface area contributed by atoms with E-state index < -0.39 is 0 Å². The number of aromatic nitrogens is 1. The number of halogens is 1. The summed E-state index contributed by atoms with van der Waals surface area (Å²) in [6.45, 7) is 7.06. The molecular weight excluding hydrogens is 382 g/mol. The summed E-state index contributed by atoms with van der Waals surface area (Å²) in [5, 5.41) is 0. The summed E-state index contributed by atoms with van der Waals surface area (Å²) in [5.41, 5.74) is 6.26. The number of hydrogen-bond donors (Lipinski definition) is 0. The van der Waals surface area contributed by atoms with Gasteiger partial charge in [-0.2, -0.15) is 0 Å².